The third kappa shape index (κ3) is 2.14. The minimum Gasteiger partial charge on any atom is -0.478 e. The van der Waals surface area contributed by atoms with Gasteiger partial charge in [0.05, 0.1) is 11.1 Å². The molecule has 0 aliphatic carbocycles. The van der Waals surface area contributed by atoms with Crippen molar-refractivity contribution in [1.82, 2.24) is 4.57 Å². The van der Waals surface area contributed by atoms with Gasteiger partial charge in [-0.2, -0.15) is 0 Å². The normalized spacial score (nSPS) is 11.2. The number of aromatic carboxylic acids is 1. The highest BCUT2D eigenvalue weighted by atomic mass is 16.4. The van der Waals surface area contributed by atoms with Crippen LogP contribution >= 0.6 is 0 Å². The van der Waals surface area contributed by atoms with Gasteiger partial charge in [-0.3, -0.25) is 0 Å². The fourth-order valence-corrected chi connectivity index (χ4v) is 2.97. The number of aromatic nitrogens is 1. The van der Waals surface area contributed by atoms with Crippen molar-refractivity contribution >= 4 is 16.9 Å². The lowest BCUT2D eigenvalue weighted by Crippen LogP contribution is -2.01. The summed E-state index contributed by atoms with van der Waals surface area (Å²) in [6.07, 6.45) is 2.01. The van der Waals surface area contributed by atoms with Gasteiger partial charge in [-0.05, 0) is 49.9 Å². The topological polar surface area (TPSA) is 42.2 Å². The first-order valence-corrected chi connectivity index (χ1v) is 6.86. The number of carbonyl (C=O) groups is 1. The van der Waals surface area contributed by atoms with Gasteiger partial charge in [-0.15, -0.1) is 0 Å². The first kappa shape index (κ1) is 13.7. The van der Waals surface area contributed by atoms with Gasteiger partial charge >= 0.3 is 5.97 Å². The van der Waals surface area contributed by atoms with Crippen molar-refractivity contribution in [3.8, 4) is 0 Å². The average molecular weight is 259 g/mol. The molecule has 0 unspecified atom stereocenters. The molecular weight excluding hydrogens is 238 g/mol. The van der Waals surface area contributed by atoms with E-state index in [1.165, 1.54) is 16.8 Å². The first-order chi connectivity index (χ1) is 9.01. The molecule has 1 N–H and O–H groups in total. The number of benzene rings is 1. The number of hydrogen-bond donors (Lipinski definition) is 1. The smallest absolute Gasteiger partial charge is 0.335 e. The van der Waals surface area contributed by atoms with Crippen LogP contribution in [0.1, 0.15) is 47.4 Å². The molecule has 0 aliphatic heterocycles. The van der Waals surface area contributed by atoms with Gasteiger partial charge in [-0.25, -0.2) is 4.79 Å². The zero-order valence-corrected chi connectivity index (χ0v) is 12.1. The number of hydrogen-bond acceptors (Lipinski definition) is 1. The molecule has 3 heteroatoms. The number of fused-ring (bicyclic) bond motifs is 1. The van der Waals surface area contributed by atoms with Crippen LogP contribution in [0.15, 0.2) is 12.1 Å². The van der Waals surface area contributed by atoms with Crippen LogP contribution in [0.4, 0.5) is 0 Å². The standard InChI is InChI=1S/C16H21NO2/c1-5-7-17-11(4)13(6-2)14-9-12(16(18)19)8-10(3)15(14)17/h8-9H,5-7H2,1-4H3,(H,18,19). The Labute approximate surface area is 113 Å². The van der Waals surface area contributed by atoms with Crippen LogP contribution in [0.5, 0.6) is 0 Å². The van der Waals surface area contributed by atoms with E-state index < -0.39 is 5.97 Å². The zero-order valence-electron chi connectivity index (χ0n) is 12.1. The van der Waals surface area contributed by atoms with E-state index in [0.717, 1.165) is 30.3 Å². The Hall–Kier alpha value is -1.77. The van der Waals surface area contributed by atoms with Crippen molar-refractivity contribution in [3.63, 3.8) is 0 Å². The number of rotatable bonds is 4. The summed E-state index contributed by atoms with van der Waals surface area (Å²) in [6, 6.07) is 3.60. The summed E-state index contributed by atoms with van der Waals surface area (Å²) in [5.74, 6) is -0.854. The minimum atomic E-state index is -0.854. The van der Waals surface area contributed by atoms with Crippen LogP contribution in [0.2, 0.25) is 0 Å². The molecule has 19 heavy (non-hydrogen) atoms. The van der Waals surface area contributed by atoms with Gasteiger partial charge in [-0.1, -0.05) is 13.8 Å². The van der Waals surface area contributed by atoms with E-state index in [9.17, 15) is 9.90 Å². The quantitative estimate of drug-likeness (QED) is 0.904. The van der Waals surface area contributed by atoms with Crippen LogP contribution in [0.3, 0.4) is 0 Å². The van der Waals surface area contributed by atoms with Gasteiger partial charge in [0.25, 0.3) is 0 Å². The summed E-state index contributed by atoms with van der Waals surface area (Å²) in [6.45, 7) is 9.41. The molecule has 1 aromatic carbocycles. The molecule has 0 saturated carbocycles. The highest BCUT2D eigenvalue weighted by molar-refractivity contribution is 5.97. The molecule has 3 nitrogen and oxygen atoms in total. The monoisotopic (exact) mass is 259 g/mol. The second-order valence-corrected chi connectivity index (χ2v) is 5.06. The van der Waals surface area contributed by atoms with Gasteiger partial charge in [0.1, 0.15) is 0 Å². The summed E-state index contributed by atoms with van der Waals surface area (Å²) < 4.78 is 2.33. The van der Waals surface area contributed by atoms with Crippen molar-refractivity contribution in [1.29, 1.82) is 0 Å². The van der Waals surface area contributed by atoms with Gasteiger partial charge < -0.3 is 9.67 Å². The van der Waals surface area contributed by atoms with Crippen molar-refractivity contribution in [2.75, 3.05) is 0 Å². The number of carboxylic acids is 1. The Morgan fingerprint density at radius 3 is 2.47 bits per heavy atom. The lowest BCUT2D eigenvalue weighted by atomic mass is 10.0. The average Bonchev–Trinajstić information content (AvgIpc) is 2.63. The lowest BCUT2D eigenvalue weighted by Gasteiger charge is -2.09. The molecule has 0 bridgehead atoms. The van der Waals surface area contributed by atoms with Gasteiger partial charge in [0.2, 0.25) is 0 Å². The van der Waals surface area contributed by atoms with Crippen molar-refractivity contribution in [2.24, 2.45) is 0 Å². The zero-order chi connectivity index (χ0) is 14.2. The van der Waals surface area contributed by atoms with Crippen LogP contribution < -0.4 is 0 Å². The molecule has 0 aliphatic rings. The lowest BCUT2D eigenvalue weighted by molar-refractivity contribution is 0.0697. The molecule has 0 saturated heterocycles. The fraction of sp³-hybridized carbons (Fsp3) is 0.438. The van der Waals surface area contributed by atoms with Crippen LogP contribution in [0.25, 0.3) is 10.9 Å². The highest BCUT2D eigenvalue weighted by Gasteiger charge is 2.16. The minimum absolute atomic E-state index is 0.383. The molecule has 1 aromatic heterocycles. The summed E-state index contributed by atoms with van der Waals surface area (Å²) in [5.41, 5.74) is 5.17. The van der Waals surface area contributed by atoms with Crippen LogP contribution in [0, 0.1) is 13.8 Å². The largest absolute Gasteiger partial charge is 0.478 e. The maximum absolute atomic E-state index is 11.2. The Kier molecular flexibility index (Phi) is 3.65. The second kappa shape index (κ2) is 5.08. The highest BCUT2D eigenvalue weighted by Crippen LogP contribution is 2.30. The van der Waals surface area contributed by atoms with E-state index in [1.54, 1.807) is 6.07 Å². The van der Waals surface area contributed by atoms with Crippen molar-refractivity contribution in [3.05, 3.63) is 34.5 Å². The molecule has 1 heterocycles. The number of nitrogens with zero attached hydrogens (tertiary/aromatic N) is 1. The van der Waals surface area contributed by atoms with E-state index in [-0.39, 0.29) is 0 Å². The first-order valence-electron chi connectivity index (χ1n) is 6.86. The summed E-state index contributed by atoms with van der Waals surface area (Å²) in [7, 11) is 0. The summed E-state index contributed by atoms with van der Waals surface area (Å²) in [5, 5.41) is 10.3. The summed E-state index contributed by atoms with van der Waals surface area (Å²) in [4.78, 5) is 11.2. The van der Waals surface area contributed by atoms with Crippen molar-refractivity contribution in [2.45, 2.75) is 47.1 Å². The summed E-state index contributed by atoms with van der Waals surface area (Å²) >= 11 is 0. The Balaban J connectivity index is 2.85. The van der Waals surface area contributed by atoms with Gasteiger partial charge in [0, 0.05) is 17.6 Å². The molecule has 2 rings (SSSR count). The molecule has 2 aromatic rings. The van der Waals surface area contributed by atoms with E-state index in [2.05, 4.69) is 25.3 Å². The Morgan fingerprint density at radius 2 is 1.95 bits per heavy atom. The van der Waals surface area contributed by atoms with Crippen LogP contribution in [-0.4, -0.2) is 15.6 Å². The molecule has 0 fully saturated rings. The third-order valence-corrected chi connectivity index (χ3v) is 3.78. The van der Waals surface area contributed by atoms with Crippen molar-refractivity contribution < 1.29 is 9.90 Å². The molecule has 102 valence electrons. The molecule has 0 atom stereocenters. The molecule has 0 radical (unpaired) electrons. The predicted octanol–water partition coefficient (Wildman–Crippen LogP) is 3.93. The predicted molar refractivity (Wildman–Crippen MR) is 78.0 cm³/mol. The van der Waals surface area contributed by atoms with E-state index >= 15 is 0 Å². The van der Waals surface area contributed by atoms with E-state index in [0.29, 0.717) is 5.56 Å². The van der Waals surface area contributed by atoms with E-state index in [4.69, 9.17) is 0 Å². The molecule has 0 amide bonds. The van der Waals surface area contributed by atoms with Crippen LogP contribution in [-0.2, 0) is 13.0 Å². The second-order valence-electron chi connectivity index (χ2n) is 5.06. The molecule has 0 spiro atoms. The molecular formula is C16H21NO2. The Bertz CT molecular complexity index is 638. The van der Waals surface area contributed by atoms with Gasteiger partial charge in [0.15, 0.2) is 0 Å². The maximum Gasteiger partial charge on any atom is 0.335 e. The van der Waals surface area contributed by atoms with E-state index in [1.807, 2.05) is 13.0 Å². The Morgan fingerprint density at radius 1 is 1.26 bits per heavy atom. The number of aryl methyl sites for hydroxylation is 3. The third-order valence-electron chi connectivity index (χ3n) is 3.78. The fourth-order valence-electron chi connectivity index (χ4n) is 2.97. The SMILES string of the molecule is CCCn1c(C)c(CC)c2cc(C(=O)O)cc(C)c21. The maximum atomic E-state index is 11.2. The number of carboxylic acid groups (broad SMARTS) is 1.